The lowest BCUT2D eigenvalue weighted by atomic mass is 10.1. The maximum atomic E-state index is 12.0. The number of carbonyl (C=O) groups excluding carboxylic acids is 1. The van der Waals surface area contributed by atoms with Crippen LogP contribution in [0.1, 0.15) is 49.5 Å². The monoisotopic (exact) mass is 336 g/mol. The third kappa shape index (κ3) is 9.65. The quantitative estimate of drug-likeness (QED) is 0.544. The number of hydrogen-bond donors (Lipinski definition) is 2. The molecular formula is C19H32N2O3. The Hall–Kier alpha value is -1.43. The molecule has 0 aliphatic rings. The molecule has 5 heteroatoms. The van der Waals surface area contributed by atoms with Gasteiger partial charge in [-0.25, -0.2) is 0 Å². The van der Waals surface area contributed by atoms with Crippen LogP contribution in [0.3, 0.4) is 0 Å². The summed E-state index contributed by atoms with van der Waals surface area (Å²) in [5, 5.41) is 6.21. The molecule has 5 nitrogen and oxygen atoms in total. The predicted octanol–water partition coefficient (Wildman–Crippen LogP) is 2.75. The first-order valence-electron chi connectivity index (χ1n) is 8.89. The van der Waals surface area contributed by atoms with Crippen molar-refractivity contribution < 1.29 is 14.3 Å². The van der Waals surface area contributed by atoms with E-state index in [9.17, 15) is 4.79 Å². The van der Waals surface area contributed by atoms with Crippen LogP contribution in [0.15, 0.2) is 24.3 Å². The zero-order valence-corrected chi connectivity index (χ0v) is 15.3. The van der Waals surface area contributed by atoms with Crippen LogP contribution in [0.2, 0.25) is 0 Å². The van der Waals surface area contributed by atoms with Crippen molar-refractivity contribution in [2.75, 3.05) is 33.0 Å². The minimum absolute atomic E-state index is 0.0684. The average Bonchev–Trinajstić information content (AvgIpc) is 2.58. The van der Waals surface area contributed by atoms with Crippen LogP contribution in [0, 0.1) is 0 Å². The highest BCUT2D eigenvalue weighted by atomic mass is 16.5. The Kier molecular flexibility index (Phi) is 11.1. The molecule has 0 unspecified atom stereocenters. The highest BCUT2D eigenvalue weighted by Gasteiger charge is 2.04. The van der Waals surface area contributed by atoms with Crippen LogP contribution >= 0.6 is 0 Å². The van der Waals surface area contributed by atoms with E-state index in [2.05, 4.69) is 31.4 Å². The lowest BCUT2D eigenvalue weighted by molar-refractivity contribution is 0.0472. The van der Waals surface area contributed by atoms with E-state index < -0.39 is 0 Å². The van der Waals surface area contributed by atoms with E-state index in [1.54, 1.807) is 0 Å². The number of carbonyl (C=O) groups is 1. The Morgan fingerprint density at radius 3 is 2.33 bits per heavy atom. The van der Waals surface area contributed by atoms with Crippen molar-refractivity contribution in [1.82, 2.24) is 10.6 Å². The largest absolute Gasteiger partial charge is 0.379 e. The predicted molar refractivity (Wildman–Crippen MR) is 97.3 cm³/mol. The lowest BCUT2D eigenvalue weighted by Crippen LogP contribution is -2.27. The summed E-state index contributed by atoms with van der Waals surface area (Å²) >= 11 is 0. The first-order valence-corrected chi connectivity index (χ1v) is 8.89. The summed E-state index contributed by atoms with van der Waals surface area (Å²) in [6.45, 7) is 10.1. The number of nitrogens with one attached hydrogen (secondary N) is 2. The number of benzene rings is 1. The number of amides is 1. The van der Waals surface area contributed by atoms with Crippen LogP contribution < -0.4 is 10.6 Å². The Labute approximate surface area is 146 Å². The number of unbranched alkanes of at least 4 members (excludes halogenated alkanes) is 1. The molecule has 0 radical (unpaired) electrons. The topological polar surface area (TPSA) is 59.6 Å². The van der Waals surface area contributed by atoms with Crippen LogP contribution in [-0.2, 0) is 16.0 Å². The van der Waals surface area contributed by atoms with Crippen LogP contribution in [-0.4, -0.2) is 44.9 Å². The second-order valence-corrected chi connectivity index (χ2v) is 6.07. The van der Waals surface area contributed by atoms with Crippen LogP contribution in [0.4, 0.5) is 0 Å². The van der Waals surface area contributed by atoms with E-state index >= 15 is 0 Å². The average molecular weight is 336 g/mol. The second kappa shape index (κ2) is 12.9. The molecule has 0 heterocycles. The molecule has 0 aromatic heterocycles. The maximum Gasteiger partial charge on any atom is 0.251 e. The van der Waals surface area contributed by atoms with Gasteiger partial charge in [0.15, 0.2) is 0 Å². The van der Waals surface area contributed by atoms with Gasteiger partial charge >= 0.3 is 0 Å². The van der Waals surface area contributed by atoms with Crippen molar-refractivity contribution in [3.63, 3.8) is 0 Å². The number of ether oxygens (including phenoxy) is 2. The second-order valence-electron chi connectivity index (χ2n) is 6.07. The Morgan fingerprint density at radius 2 is 1.71 bits per heavy atom. The van der Waals surface area contributed by atoms with Gasteiger partial charge in [0.05, 0.1) is 19.8 Å². The minimum atomic E-state index is -0.0684. The molecule has 1 amide bonds. The maximum absolute atomic E-state index is 12.0. The van der Waals surface area contributed by atoms with Crippen molar-refractivity contribution >= 4 is 5.91 Å². The number of hydrogen-bond acceptors (Lipinski definition) is 4. The highest BCUT2D eigenvalue weighted by molar-refractivity contribution is 5.94. The summed E-state index contributed by atoms with van der Waals surface area (Å²) in [6.07, 6.45) is 2.23. The molecule has 0 aliphatic heterocycles. The Morgan fingerprint density at radius 1 is 1.04 bits per heavy atom. The summed E-state index contributed by atoms with van der Waals surface area (Å²) in [4.78, 5) is 12.0. The summed E-state index contributed by atoms with van der Waals surface area (Å²) < 4.78 is 10.8. The molecule has 0 fully saturated rings. The van der Waals surface area contributed by atoms with Gasteiger partial charge in [-0.05, 0) is 24.1 Å². The highest BCUT2D eigenvalue weighted by Crippen LogP contribution is 2.04. The molecule has 0 saturated heterocycles. The zero-order chi connectivity index (χ0) is 17.6. The van der Waals surface area contributed by atoms with E-state index in [4.69, 9.17) is 9.47 Å². The number of rotatable bonds is 13. The standard InChI is InChI=1S/C19H32N2O3/c1-4-5-11-23-13-14-24-12-10-20-19(22)18-8-6-17(7-9-18)15-21-16(2)3/h6-9,16,21H,4-5,10-15H2,1-3H3,(H,20,22). The van der Waals surface area contributed by atoms with Gasteiger partial charge in [0.25, 0.3) is 5.91 Å². The normalized spacial score (nSPS) is 11.0. The van der Waals surface area contributed by atoms with E-state index in [1.165, 1.54) is 5.56 Å². The fraction of sp³-hybridized carbons (Fsp3) is 0.632. The minimum Gasteiger partial charge on any atom is -0.379 e. The van der Waals surface area contributed by atoms with Gasteiger partial charge in [0, 0.05) is 31.3 Å². The van der Waals surface area contributed by atoms with Gasteiger partial charge in [-0.3, -0.25) is 4.79 Å². The molecule has 1 aromatic carbocycles. The molecular weight excluding hydrogens is 304 g/mol. The van der Waals surface area contributed by atoms with Crippen molar-refractivity contribution in [2.24, 2.45) is 0 Å². The summed E-state index contributed by atoms with van der Waals surface area (Å²) in [6, 6.07) is 8.12. The van der Waals surface area contributed by atoms with E-state index in [-0.39, 0.29) is 5.91 Å². The molecule has 0 spiro atoms. The van der Waals surface area contributed by atoms with E-state index in [0.29, 0.717) is 38.0 Å². The van der Waals surface area contributed by atoms with Gasteiger partial charge in [-0.1, -0.05) is 39.3 Å². The third-order valence-electron chi connectivity index (χ3n) is 3.48. The molecule has 1 aromatic rings. The summed E-state index contributed by atoms with van der Waals surface area (Å²) in [7, 11) is 0. The molecule has 2 N–H and O–H groups in total. The van der Waals surface area contributed by atoms with Crippen LogP contribution in [0.25, 0.3) is 0 Å². The fourth-order valence-electron chi connectivity index (χ4n) is 2.00. The van der Waals surface area contributed by atoms with E-state index in [1.807, 2.05) is 24.3 Å². The van der Waals surface area contributed by atoms with Crippen molar-refractivity contribution in [3.05, 3.63) is 35.4 Å². The third-order valence-corrected chi connectivity index (χ3v) is 3.48. The van der Waals surface area contributed by atoms with Crippen molar-refractivity contribution in [2.45, 2.75) is 46.2 Å². The SMILES string of the molecule is CCCCOCCOCCNC(=O)c1ccc(CNC(C)C)cc1. The Bertz CT molecular complexity index is 446. The summed E-state index contributed by atoms with van der Waals surface area (Å²) in [5.41, 5.74) is 1.85. The van der Waals surface area contributed by atoms with Gasteiger partial charge in [0.2, 0.25) is 0 Å². The summed E-state index contributed by atoms with van der Waals surface area (Å²) in [5.74, 6) is -0.0684. The zero-order valence-electron chi connectivity index (χ0n) is 15.3. The Balaban J connectivity index is 2.12. The molecule has 0 atom stereocenters. The van der Waals surface area contributed by atoms with Crippen molar-refractivity contribution in [3.8, 4) is 0 Å². The molecule has 136 valence electrons. The van der Waals surface area contributed by atoms with Crippen molar-refractivity contribution in [1.29, 1.82) is 0 Å². The van der Waals surface area contributed by atoms with E-state index in [0.717, 1.165) is 26.0 Å². The fourth-order valence-corrected chi connectivity index (χ4v) is 2.00. The van der Waals surface area contributed by atoms with Gasteiger partial charge in [-0.15, -0.1) is 0 Å². The van der Waals surface area contributed by atoms with Gasteiger partial charge in [0.1, 0.15) is 0 Å². The molecule has 0 bridgehead atoms. The first-order chi connectivity index (χ1) is 11.6. The molecule has 0 saturated carbocycles. The van der Waals surface area contributed by atoms with Gasteiger partial charge in [-0.2, -0.15) is 0 Å². The van der Waals surface area contributed by atoms with Gasteiger partial charge < -0.3 is 20.1 Å². The molecule has 24 heavy (non-hydrogen) atoms. The molecule has 1 rings (SSSR count). The smallest absolute Gasteiger partial charge is 0.251 e. The van der Waals surface area contributed by atoms with Crippen LogP contribution in [0.5, 0.6) is 0 Å². The lowest BCUT2D eigenvalue weighted by Gasteiger charge is -2.09. The molecule has 0 aliphatic carbocycles. The first kappa shape index (κ1) is 20.6.